The van der Waals surface area contributed by atoms with E-state index in [-0.39, 0.29) is 18.0 Å². The predicted molar refractivity (Wildman–Crippen MR) is 80.4 cm³/mol. The second-order valence-corrected chi connectivity index (χ2v) is 5.48. The van der Waals surface area contributed by atoms with Crippen molar-refractivity contribution in [1.82, 2.24) is 0 Å². The molecule has 116 valence electrons. The molecule has 1 aliphatic carbocycles. The molecule has 1 saturated carbocycles. The molecule has 0 N–H and O–H groups in total. The molecule has 1 fully saturated rings. The highest BCUT2D eigenvalue weighted by Gasteiger charge is 2.27. The summed E-state index contributed by atoms with van der Waals surface area (Å²) in [5.74, 6) is 0.880. The third-order valence-electron chi connectivity index (χ3n) is 4.00. The van der Waals surface area contributed by atoms with Crippen LogP contribution in [0.25, 0.3) is 0 Å². The molecule has 21 heavy (non-hydrogen) atoms. The van der Waals surface area contributed by atoms with Crippen LogP contribution in [0.3, 0.4) is 0 Å². The average molecular weight is 292 g/mol. The maximum atomic E-state index is 11.4. The van der Waals surface area contributed by atoms with Crippen LogP contribution in [0, 0.1) is 12.8 Å². The maximum absolute atomic E-state index is 11.4. The minimum atomic E-state index is -0.0867. The van der Waals surface area contributed by atoms with Gasteiger partial charge < -0.3 is 14.2 Å². The van der Waals surface area contributed by atoms with Crippen LogP contribution in [-0.4, -0.2) is 32.4 Å². The minimum absolute atomic E-state index is 0.0538. The molecule has 0 spiro atoms. The third kappa shape index (κ3) is 4.74. The lowest BCUT2D eigenvalue weighted by atomic mass is 9.87. The van der Waals surface area contributed by atoms with Gasteiger partial charge in [-0.25, -0.2) is 0 Å². The molecule has 0 heterocycles. The second-order valence-electron chi connectivity index (χ2n) is 5.48. The smallest absolute Gasteiger partial charge is 0.308 e. The molecule has 0 bridgehead atoms. The number of hydrogen-bond donors (Lipinski definition) is 0. The molecular weight excluding hydrogens is 268 g/mol. The van der Waals surface area contributed by atoms with Crippen LogP contribution in [0.15, 0.2) is 24.3 Å². The van der Waals surface area contributed by atoms with Crippen molar-refractivity contribution in [3.8, 4) is 5.75 Å². The van der Waals surface area contributed by atoms with Crippen molar-refractivity contribution in [3.63, 3.8) is 0 Å². The van der Waals surface area contributed by atoms with Crippen molar-refractivity contribution >= 4 is 5.97 Å². The van der Waals surface area contributed by atoms with E-state index in [1.807, 2.05) is 31.2 Å². The van der Waals surface area contributed by atoms with Crippen LogP contribution < -0.4 is 4.74 Å². The zero-order valence-electron chi connectivity index (χ0n) is 12.8. The van der Waals surface area contributed by atoms with E-state index >= 15 is 0 Å². The van der Waals surface area contributed by atoms with Gasteiger partial charge in [0.25, 0.3) is 0 Å². The van der Waals surface area contributed by atoms with Gasteiger partial charge in [0.05, 0.1) is 25.7 Å². The first kappa shape index (κ1) is 15.8. The van der Waals surface area contributed by atoms with Crippen LogP contribution in [0.2, 0.25) is 0 Å². The highest BCUT2D eigenvalue weighted by Crippen LogP contribution is 2.27. The molecule has 2 rings (SSSR count). The fourth-order valence-corrected chi connectivity index (χ4v) is 2.72. The Morgan fingerprint density at radius 2 is 1.86 bits per heavy atom. The molecule has 0 aromatic heterocycles. The first-order valence-corrected chi connectivity index (χ1v) is 7.58. The summed E-state index contributed by atoms with van der Waals surface area (Å²) in [5.41, 5.74) is 1.14. The van der Waals surface area contributed by atoms with E-state index in [9.17, 15) is 4.79 Å². The highest BCUT2D eigenvalue weighted by molar-refractivity contribution is 5.72. The van der Waals surface area contributed by atoms with Gasteiger partial charge >= 0.3 is 5.97 Å². The fourth-order valence-electron chi connectivity index (χ4n) is 2.72. The van der Waals surface area contributed by atoms with E-state index in [1.54, 1.807) is 0 Å². The number of hydrogen-bond acceptors (Lipinski definition) is 4. The second kappa shape index (κ2) is 8.03. The summed E-state index contributed by atoms with van der Waals surface area (Å²) in [4.78, 5) is 11.4. The van der Waals surface area contributed by atoms with Crippen LogP contribution >= 0.6 is 0 Å². The van der Waals surface area contributed by atoms with E-state index in [1.165, 1.54) is 7.11 Å². The van der Waals surface area contributed by atoms with Crippen molar-refractivity contribution in [2.24, 2.45) is 5.92 Å². The Morgan fingerprint density at radius 1 is 1.14 bits per heavy atom. The number of para-hydroxylation sites is 1. The lowest BCUT2D eigenvalue weighted by molar-refractivity contribution is -0.147. The summed E-state index contributed by atoms with van der Waals surface area (Å²) in [6.45, 7) is 3.17. The number of benzene rings is 1. The minimum Gasteiger partial charge on any atom is -0.491 e. The van der Waals surface area contributed by atoms with Crippen molar-refractivity contribution in [3.05, 3.63) is 29.8 Å². The van der Waals surface area contributed by atoms with E-state index in [0.29, 0.717) is 13.2 Å². The van der Waals surface area contributed by atoms with Gasteiger partial charge in [0.1, 0.15) is 12.4 Å². The van der Waals surface area contributed by atoms with Crippen LogP contribution in [0.1, 0.15) is 31.2 Å². The van der Waals surface area contributed by atoms with Crippen LogP contribution in [0.5, 0.6) is 5.75 Å². The van der Waals surface area contributed by atoms with Gasteiger partial charge in [-0.15, -0.1) is 0 Å². The first-order chi connectivity index (χ1) is 10.2. The van der Waals surface area contributed by atoms with Crippen molar-refractivity contribution in [2.75, 3.05) is 20.3 Å². The number of esters is 1. The summed E-state index contributed by atoms with van der Waals surface area (Å²) in [6, 6.07) is 7.97. The Hall–Kier alpha value is -1.55. The fraction of sp³-hybridized carbons (Fsp3) is 0.588. The van der Waals surface area contributed by atoms with Gasteiger partial charge in [-0.05, 0) is 44.2 Å². The van der Waals surface area contributed by atoms with Crippen molar-refractivity contribution in [2.45, 2.75) is 38.7 Å². The molecular formula is C17H24O4. The highest BCUT2D eigenvalue weighted by atomic mass is 16.5. The predicted octanol–water partition coefficient (Wildman–Crippen LogP) is 3.12. The van der Waals surface area contributed by atoms with E-state index in [4.69, 9.17) is 14.2 Å². The Kier molecular flexibility index (Phi) is 6.05. The van der Waals surface area contributed by atoms with Gasteiger partial charge in [0.2, 0.25) is 0 Å². The lowest BCUT2D eigenvalue weighted by Gasteiger charge is -2.27. The van der Waals surface area contributed by atoms with Crippen molar-refractivity contribution < 1.29 is 19.0 Å². The van der Waals surface area contributed by atoms with Gasteiger partial charge in [-0.1, -0.05) is 18.2 Å². The Morgan fingerprint density at radius 3 is 2.52 bits per heavy atom. The number of rotatable bonds is 6. The van der Waals surface area contributed by atoms with Crippen molar-refractivity contribution in [1.29, 1.82) is 0 Å². The zero-order chi connectivity index (χ0) is 15.1. The average Bonchev–Trinajstić information content (AvgIpc) is 2.53. The molecule has 4 heteroatoms. The number of carbonyl (C=O) groups is 1. The summed E-state index contributed by atoms with van der Waals surface area (Å²) in [7, 11) is 1.45. The summed E-state index contributed by atoms with van der Waals surface area (Å²) < 4.78 is 16.3. The van der Waals surface area contributed by atoms with Gasteiger partial charge in [0, 0.05) is 0 Å². The van der Waals surface area contributed by atoms with Crippen LogP contribution in [0.4, 0.5) is 0 Å². The number of methoxy groups -OCH3 is 1. The molecule has 0 amide bonds. The molecule has 0 saturated heterocycles. The Labute approximate surface area is 126 Å². The number of carbonyl (C=O) groups excluding carboxylic acids is 1. The van der Waals surface area contributed by atoms with E-state index in [2.05, 4.69) is 0 Å². The first-order valence-electron chi connectivity index (χ1n) is 7.58. The summed E-state index contributed by atoms with van der Waals surface area (Å²) in [5, 5.41) is 0. The molecule has 1 aromatic carbocycles. The molecule has 0 aliphatic heterocycles. The molecule has 1 aliphatic rings. The topological polar surface area (TPSA) is 44.8 Å². The largest absolute Gasteiger partial charge is 0.491 e. The standard InChI is InChI=1S/C17H24O4/c1-13-5-3-4-6-16(13)21-12-11-20-15-9-7-14(8-10-15)17(18)19-2/h3-6,14-15H,7-12H2,1-2H3. The van der Waals surface area contributed by atoms with Gasteiger partial charge in [-0.2, -0.15) is 0 Å². The molecule has 4 nitrogen and oxygen atoms in total. The van der Waals surface area contributed by atoms with E-state index < -0.39 is 0 Å². The normalized spacial score (nSPS) is 21.8. The molecule has 0 radical (unpaired) electrons. The maximum Gasteiger partial charge on any atom is 0.308 e. The molecule has 1 aromatic rings. The zero-order valence-corrected chi connectivity index (χ0v) is 12.8. The van der Waals surface area contributed by atoms with Gasteiger partial charge in [-0.3, -0.25) is 4.79 Å². The number of ether oxygens (including phenoxy) is 3. The quantitative estimate of drug-likeness (QED) is 0.597. The van der Waals surface area contributed by atoms with E-state index in [0.717, 1.165) is 37.0 Å². The molecule has 0 unspecified atom stereocenters. The SMILES string of the molecule is COC(=O)C1CCC(OCCOc2ccccc2C)CC1. The monoisotopic (exact) mass is 292 g/mol. The third-order valence-corrected chi connectivity index (χ3v) is 4.00. The lowest BCUT2D eigenvalue weighted by Crippen LogP contribution is -2.28. The molecule has 0 atom stereocenters. The summed E-state index contributed by atoms with van der Waals surface area (Å²) in [6.07, 6.45) is 3.80. The van der Waals surface area contributed by atoms with Gasteiger partial charge in [0.15, 0.2) is 0 Å². The van der Waals surface area contributed by atoms with Crippen LogP contribution in [-0.2, 0) is 14.3 Å². The Bertz CT molecular complexity index is 450. The Balaban J connectivity index is 1.62. The summed E-state index contributed by atoms with van der Waals surface area (Å²) >= 11 is 0. The number of aryl methyl sites for hydroxylation is 1.